The van der Waals surface area contributed by atoms with Gasteiger partial charge >= 0.3 is 0 Å². The molecular formula is C26H26FN3O4. The normalized spacial score (nSPS) is 30.7. The van der Waals surface area contributed by atoms with Crippen LogP contribution in [0, 0.1) is 17.7 Å². The van der Waals surface area contributed by atoms with E-state index in [9.17, 15) is 23.9 Å². The van der Waals surface area contributed by atoms with Gasteiger partial charge in [0.2, 0.25) is 17.7 Å². The Hall–Kier alpha value is -3.26. The fourth-order valence-electron chi connectivity index (χ4n) is 6.56. The number of rotatable bonds is 3. The molecule has 0 radical (unpaired) electrons. The van der Waals surface area contributed by atoms with Gasteiger partial charge in [-0.25, -0.2) is 4.39 Å². The molecule has 3 heterocycles. The maximum atomic E-state index is 14.3. The van der Waals surface area contributed by atoms with Crippen LogP contribution in [-0.2, 0) is 26.3 Å². The van der Waals surface area contributed by atoms with Crippen LogP contribution in [0.2, 0.25) is 0 Å². The fraction of sp³-hybridized carbons (Fsp3) is 0.423. The van der Waals surface area contributed by atoms with Crippen molar-refractivity contribution in [1.29, 1.82) is 0 Å². The molecule has 2 saturated heterocycles. The van der Waals surface area contributed by atoms with E-state index >= 15 is 0 Å². The number of aromatic hydroxyl groups is 1. The lowest BCUT2D eigenvalue weighted by molar-refractivity contribution is -0.146. The van der Waals surface area contributed by atoms with Crippen molar-refractivity contribution in [2.24, 2.45) is 11.8 Å². The molecule has 1 saturated carbocycles. The lowest BCUT2D eigenvalue weighted by Gasteiger charge is -2.34. The second kappa shape index (κ2) is 7.63. The van der Waals surface area contributed by atoms with Gasteiger partial charge in [-0.05, 0) is 55.2 Å². The molecular weight excluding hydrogens is 437 g/mol. The first-order valence-corrected chi connectivity index (χ1v) is 11.9. The first-order valence-electron chi connectivity index (χ1n) is 11.9. The third-order valence-corrected chi connectivity index (χ3v) is 8.04. The molecule has 3 N–H and O–H groups in total. The van der Waals surface area contributed by atoms with E-state index in [-0.39, 0.29) is 23.6 Å². The predicted octanol–water partition coefficient (Wildman–Crippen LogP) is 2.83. The number of hydrogen-bond donors (Lipinski definition) is 3. The van der Waals surface area contributed by atoms with Crippen molar-refractivity contribution in [1.82, 2.24) is 10.2 Å². The summed E-state index contributed by atoms with van der Waals surface area (Å²) < 4.78 is 14.3. The zero-order valence-electron chi connectivity index (χ0n) is 18.6. The Morgan fingerprint density at radius 1 is 1.00 bits per heavy atom. The summed E-state index contributed by atoms with van der Waals surface area (Å²) in [5, 5.41) is 15.8. The van der Waals surface area contributed by atoms with Gasteiger partial charge in [-0.3, -0.25) is 24.6 Å². The molecule has 0 aromatic heterocycles. The Morgan fingerprint density at radius 3 is 2.47 bits per heavy atom. The van der Waals surface area contributed by atoms with Crippen LogP contribution < -0.4 is 10.6 Å². The molecule has 4 aliphatic rings. The minimum Gasteiger partial charge on any atom is -0.508 e. The van der Waals surface area contributed by atoms with Gasteiger partial charge in [-0.2, -0.15) is 0 Å². The van der Waals surface area contributed by atoms with E-state index in [1.807, 2.05) is 0 Å². The Morgan fingerprint density at radius 2 is 1.74 bits per heavy atom. The smallest absolute Gasteiger partial charge is 0.250 e. The number of likely N-dealkylation sites (tertiary alicyclic amines) is 1. The number of carbonyl (C=O) groups excluding carboxylic acids is 3. The molecule has 0 bridgehead atoms. The average Bonchev–Trinajstić information content (AvgIpc) is 3.40. The molecule has 176 valence electrons. The number of amides is 3. The third-order valence-electron chi connectivity index (χ3n) is 8.04. The van der Waals surface area contributed by atoms with Crippen molar-refractivity contribution in [3.8, 4) is 5.75 Å². The van der Waals surface area contributed by atoms with Crippen LogP contribution in [0.25, 0.3) is 0 Å². The second-order valence-corrected chi connectivity index (χ2v) is 9.92. The molecule has 3 amide bonds. The van der Waals surface area contributed by atoms with Crippen molar-refractivity contribution in [3.63, 3.8) is 0 Å². The third kappa shape index (κ3) is 2.94. The van der Waals surface area contributed by atoms with E-state index in [2.05, 4.69) is 10.6 Å². The zero-order chi connectivity index (χ0) is 23.6. The van der Waals surface area contributed by atoms with Crippen LogP contribution in [0.3, 0.4) is 0 Å². The molecule has 4 atom stereocenters. The number of fused-ring (bicyclic) bond motifs is 4. The minimum absolute atomic E-state index is 0.132. The number of anilines is 1. The summed E-state index contributed by atoms with van der Waals surface area (Å²) in [4.78, 5) is 42.6. The Bertz CT molecular complexity index is 1190. The van der Waals surface area contributed by atoms with Gasteiger partial charge in [0.05, 0.1) is 11.8 Å². The van der Waals surface area contributed by atoms with Gasteiger partial charge in [0.1, 0.15) is 17.1 Å². The van der Waals surface area contributed by atoms with E-state index in [1.165, 1.54) is 23.1 Å². The number of nitrogens with zero attached hydrogens (tertiary/aromatic N) is 1. The second-order valence-electron chi connectivity index (χ2n) is 9.92. The van der Waals surface area contributed by atoms with Crippen LogP contribution in [0.5, 0.6) is 5.75 Å². The number of carbonyl (C=O) groups is 3. The summed E-state index contributed by atoms with van der Waals surface area (Å²) in [6, 6.07) is 10.1. The SMILES string of the molecule is O=C1[C@@H]2C(Cc3ccc(O)cc3)NC3(C(=O)Nc4ccc(F)cc43)[C@@H]2C(=O)N1C1CCCCC1. The van der Waals surface area contributed by atoms with Crippen LogP contribution >= 0.6 is 0 Å². The number of phenols is 1. The fourth-order valence-corrected chi connectivity index (χ4v) is 6.56. The number of imide groups is 1. The van der Waals surface area contributed by atoms with E-state index in [1.54, 1.807) is 24.3 Å². The summed E-state index contributed by atoms with van der Waals surface area (Å²) in [6.07, 6.45) is 4.95. The Kier molecular flexibility index (Phi) is 4.78. The molecule has 1 aliphatic carbocycles. The van der Waals surface area contributed by atoms with Crippen LogP contribution in [0.4, 0.5) is 10.1 Å². The lowest BCUT2D eigenvalue weighted by atomic mass is 9.76. The molecule has 3 aliphatic heterocycles. The first-order chi connectivity index (χ1) is 16.4. The maximum Gasteiger partial charge on any atom is 0.250 e. The summed E-state index contributed by atoms with van der Waals surface area (Å²) >= 11 is 0. The van der Waals surface area contributed by atoms with Crippen molar-refractivity contribution in [2.45, 2.75) is 56.1 Å². The van der Waals surface area contributed by atoms with Gasteiger partial charge in [0, 0.05) is 23.3 Å². The minimum atomic E-state index is -1.50. The predicted molar refractivity (Wildman–Crippen MR) is 121 cm³/mol. The summed E-state index contributed by atoms with van der Waals surface area (Å²) in [7, 11) is 0. The molecule has 34 heavy (non-hydrogen) atoms. The van der Waals surface area contributed by atoms with Crippen molar-refractivity contribution in [2.75, 3.05) is 5.32 Å². The van der Waals surface area contributed by atoms with Gasteiger partial charge in [-0.15, -0.1) is 0 Å². The lowest BCUT2D eigenvalue weighted by Crippen LogP contribution is -2.54. The zero-order valence-corrected chi connectivity index (χ0v) is 18.6. The van der Waals surface area contributed by atoms with Crippen molar-refractivity contribution >= 4 is 23.4 Å². The van der Waals surface area contributed by atoms with Crippen LogP contribution in [0.15, 0.2) is 42.5 Å². The standard InChI is InChI=1S/C26H26FN3O4/c27-15-8-11-19-18(13-15)26(25(34)28-19)22-21(20(29-26)12-14-6-9-17(31)10-7-14)23(32)30(24(22)33)16-4-2-1-3-5-16/h6-11,13,16,20-22,29,31H,1-5,12H2,(H,28,34)/t20?,21-,22+,26?/m1/s1. The van der Waals surface area contributed by atoms with Crippen molar-refractivity contribution < 1.29 is 23.9 Å². The molecule has 2 unspecified atom stereocenters. The highest BCUT2D eigenvalue weighted by atomic mass is 19.1. The number of benzene rings is 2. The number of hydrogen-bond acceptors (Lipinski definition) is 5. The molecule has 2 aromatic carbocycles. The topological polar surface area (TPSA) is 98.7 Å². The monoisotopic (exact) mass is 463 g/mol. The quantitative estimate of drug-likeness (QED) is 0.608. The average molecular weight is 464 g/mol. The largest absolute Gasteiger partial charge is 0.508 e. The molecule has 3 fully saturated rings. The van der Waals surface area contributed by atoms with Gasteiger partial charge in [0.15, 0.2) is 0 Å². The molecule has 8 heteroatoms. The molecule has 7 nitrogen and oxygen atoms in total. The summed E-state index contributed by atoms with van der Waals surface area (Å²) in [6.45, 7) is 0. The highest BCUT2D eigenvalue weighted by Crippen LogP contribution is 2.54. The van der Waals surface area contributed by atoms with E-state index in [0.29, 0.717) is 17.7 Å². The summed E-state index contributed by atoms with van der Waals surface area (Å²) in [5.41, 5.74) is 0.201. The van der Waals surface area contributed by atoms with Gasteiger partial charge in [-0.1, -0.05) is 31.4 Å². The first kappa shape index (κ1) is 21.3. The van der Waals surface area contributed by atoms with E-state index in [0.717, 1.165) is 37.7 Å². The molecule has 2 aromatic rings. The number of nitrogens with one attached hydrogen (secondary N) is 2. The van der Waals surface area contributed by atoms with E-state index < -0.39 is 35.1 Å². The summed E-state index contributed by atoms with van der Waals surface area (Å²) in [5.74, 6) is -3.05. The maximum absolute atomic E-state index is 14.3. The van der Waals surface area contributed by atoms with Gasteiger partial charge in [0.25, 0.3) is 0 Å². The van der Waals surface area contributed by atoms with Crippen molar-refractivity contribution in [3.05, 3.63) is 59.4 Å². The van der Waals surface area contributed by atoms with Crippen LogP contribution in [0.1, 0.15) is 43.2 Å². The molecule has 6 rings (SSSR count). The highest BCUT2D eigenvalue weighted by Gasteiger charge is 2.70. The van der Waals surface area contributed by atoms with Gasteiger partial charge < -0.3 is 10.4 Å². The Labute approximate surface area is 196 Å². The molecule has 1 spiro atoms. The number of halogens is 1. The number of phenolic OH excluding ortho intramolecular Hbond substituents is 1. The Balaban J connectivity index is 1.46. The highest BCUT2D eigenvalue weighted by molar-refractivity contribution is 6.15. The van der Waals surface area contributed by atoms with Crippen LogP contribution in [-0.4, -0.2) is 39.8 Å². The van der Waals surface area contributed by atoms with E-state index in [4.69, 9.17) is 0 Å².